The second-order valence-electron chi connectivity index (χ2n) is 6.14. The van der Waals surface area contributed by atoms with E-state index in [1.807, 2.05) is 14.1 Å². The van der Waals surface area contributed by atoms with E-state index in [0.29, 0.717) is 66.3 Å². The second kappa shape index (κ2) is 6.07. The number of rotatable bonds is 2. The van der Waals surface area contributed by atoms with Crippen molar-refractivity contribution in [2.24, 2.45) is 0 Å². The third-order valence-electron chi connectivity index (χ3n) is 4.27. The maximum Gasteiger partial charge on any atom is 0.268 e. The van der Waals surface area contributed by atoms with Crippen LogP contribution < -0.4 is 19.9 Å². The van der Waals surface area contributed by atoms with E-state index in [1.54, 1.807) is 15.2 Å². The van der Waals surface area contributed by atoms with Crippen LogP contribution in [-0.4, -0.2) is 54.6 Å². The molecule has 4 rings (SSSR count). The highest BCUT2D eigenvalue weighted by Gasteiger charge is 2.30. The van der Waals surface area contributed by atoms with Gasteiger partial charge in [-0.1, -0.05) is 0 Å². The van der Waals surface area contributed by atoms with Crippen LogP contribution in [0.25, 0.3) is 0 Å². The Balaban J connectivity index is 1.63. The number of hydrogen-bond donors (Lipinski definition) is 1. The van der Waals surface area contributed by atoms with Gasteiger partial charge in [0.05, 0.1) is 12.2 Å². The normalized spacial score (nSPS) is 15.7. The zero-order chi connectivity index (χ0) is 17.6. The number of nitrogens with zero attached hydrogens (tertiary/aromatic N) is 3. The highest BCUT2D eigenvalue weighted by molar-refractivity contribution is 7.12. The summed E-state index contributed by atoms with van der Waals surface area (Å²) >= 11 is 1.32. The molecule has 2 aliphatic heterocycles. The number of nitrogens with one attached hydrogen (secondary N) is 1. The van der Waals surface area contributed by atoms with Crippen LogP contribution in [0.5, 0.6) is 11.5 Å². The average Bonchev–Trinajstić information content (AvgIpc) is 3.04. The number of thiophene rings is 1. The van der Waals surface area contributed by atoms with Gasteiger partial charge in [-0.3, -0.25) is 14.6 Å². The van der Waals surface area contributed by atoms with Crippen LogP contribution in [0, 0.1) is 0 Å². The molecule has 1 amide bonds. The van der Waals surface area contributed by atoms with Gasteiger partial charge in [0.25, 0.3) is 11.5 Å². The molecule has 0 radical (unpaired) electrons. The molecule has 8 nitrogen and oxygen atoms in total. The van der Waals surface area contributed by atoms with Crippen molar-refractivity contribution in [3.05, 3.63) is 31.9 Å². The number of carbonyl (C=O) groups is 1. The monoisotopic (exact) mass is 362 g/mol. The third-order valence-corrected chi connectivity index (χ3v) is 5.19. The van der Waals surface area contributed by atoms with Crippen molar-refractivity contribution in [3.8, 4) is 11.5 Å². The highest BCUT2D eigenvalue weighted by atomic mass is 32.1. The van der Waals surface area contributed by atoms with Crippen molar-refractivity contribution in [2.45, 2.75) is 13.0 Å². The van der Waals surface area contributed by atoms with Gasteiger partial charge in [0.2, 0.25) is 5.95 Å². The van der Waals surface area contributed by atoms with Crippen molar-refractivity contribution in [1.82, 2.24) is 14.9 Å². The van der Waals surface area contributed by atoms with Gasteiger partial charge in [0.15, 0.2) is 11.5 Å². The number of carbonyl (C=O) groups excluding carboxylic acids is 1. The van der Waals surface area contributed by atoms with Crippen LogP contribution in [0.4, 0.5) is 5.95 Å². The molecule has 0 fully saturated rings. The molecule has 0 saturated heterocycles. The predicted octanol–water partition coefficient (Wildman–Crippen LogP) is 0.867. The lowest BCUT2D eigenvalue weighted by Crippen LogP contribution is -2.39. The van der Waals surface area contributed by atoms with Crippen molar-refractivity contribution in [2.75, 3.05) is 38.8 Å². The fourth-order valence-corrected chi connectivity index (χ4v) is 3.86. The Bertz CT molecular complexity index is 889. The first kappa shape index (κ1) is 15.9. The number of anilines is 1. The molecule has 0 unspecified atom stereocenters. The Kier molecular flexibility index (Phi) is 3.87. The number of hydrogen-bond acceptors (Lipinski definition) is 7. The zero-order valence-corrected chi connectivity index (χ0v) is 14.8. The van der Waals surface area contributed by atoms with Crippen molar-refractivity contribution in [1.29, 1.82) is 0 Å². The van der Waals surface area contributed by atoms with E-state index >= 15 is 0 Å². The topological polar surface area (TPSA) is 87.8 Å². The summed E-state index contributed by atoms with van der Waals surface area (Å²) in [6, 6.07) is 0. The van der Waals surface area contributed by atoms with E-state index in [0.717, 1.165) is 0 Å². The minimum Gasteiger partial charge on any atom is -0.485 e. The van der Waals surface area contributed by atoms with Crippen LogP contribution in [0.15, 0.2) is 10.2 Å². The van der Waals surface area contributed by atoms with E-state index in [1.165, 1.54) is 11.3 Å². The molecule has 2 aliphatic rings. The van der Waals surface area contributed by atoms with Gasteiger partial charge in [0, 0.05) is 31.6 Å². The standard InChI is InChI=1S/C16H18N4O4S/c1-19(2)16-17-10-7-20(4-3-9(10)14(21)18-16)15(22)13-12-11(8-25-13)23-5-6-24-12/h8H,3-7H2,1-2H3,(H,17,18,21). The number of aromatic amines is 1. The Morgan fingerprint density at radius 3 is 2.96 bits per heavy atom. The van der Waals surface area contributed by atoms with E-state index in [2.05, 4.69) is 9.97 Å². The number of fused-ring (bicyclic) bond motifs is 2. The molecule has 25 heavy (non-hydrogen) atoms. The zero-order valence-electron chi connectivity index (χ0n) is 14.0. The van der Waals surface area contributed by atoms with Crippen LogP contribution in [0.2, 0.25) is 0 Å². The summed E-state index contributed by atoms with van der Waals surface area (Å²) in [5.41, 5.74) is 1.17. The van der Waals surface area contributed by atoms with Crippen LogP contribution in [-0.2, 0) is 13.0 Å². The molecule has 0 atom stereocenters. The molecule has 4 heterocycles. The van der Waals surface area contributed by atoms with Gasteiger partial charge < -0.3 is 19.3 Å². The van der Waals surface area contributed by atoms with E-state index < -0.39 is 0 Å². The predicted molar refractivity (Wildman–Crippen MR) is 92.9 cm³/mol. The summed E-state index contributed by atoms with van der Waals surface area (Å²) in [5.74, 6) is 1.53. The van der Waals surface area contributed by atoms with E-state index in [4.69, 9.17) is 9.47 Å². The number of aromatic nitrogens is 2. The van der Waals surface area contributed by atoms with Gasteiger partial charge in [-0.15, -0.1) is 11.3 Å². The smallest absolute Gasteiger partial charge is 0.268 e. The summed E-state index contributed by atoms with van der Waals surface area (Å²) < 4.78 is 11.1. The number of ether oxygens (including phenoxy) is 2. The SMILES string of the molecule is CN(C)c1nc2c(c(=O)[nH]1)CCN(C(=O)c1scc3c1OCCO3)C2. The van der Waals surface area contributed by atoms with Crippen LogP contribution in [0.3, 0.4) is 0 Å². The minimum atomic E-state index is -0.133. The third kappa shape index (κ3) is 2.74. The summed E-state index contributed by atoms with van der Waals surface area (Å²) in [6.45, 7) is 1.72. The molecule has 2 aromatic heterocycles. The lowest BCUT2D eigenvalue weighted by atomic mass is 10.1. The summed E-state index contributed by atoms with van der Waals surface area (Å²) in [6.07, 6.45) is 0.488. The molecule has 0 spiro atoms. The van der Waals surface area contributed by atoms with Crippen LogP contribution in [0.1, 0.15) is 20.9 Å². The molecule has 0 aromatic carbocycles. The molecule has 0 bridgehead atoms. The van der Waals surface area contributed by atoms with Crippen molar-refractivity contribution in [3.63, 3.8) is 0 Å². The highest BCUT2D eigenvalue weighted by Crippen LogP contribution is 2.40. The largest absolute Gasteiger partial charge is 0.485 e. The van der Waals surface area contributed by atoms with E-state index in [-0.39, 0.29) is 11.5 Å². The summed E-state index contributed by atoms with van der Waals surface area (Å²) in [5, 5.41) is 1.80. The second-order valence-corrected chi connectivity index (χ2v) is 7.02. The average molecular weight is 362 g/mol. The molecule has 1 N–H and O–H groups in total. The molecule has 9 heteroatoms. The van der Waals surface area contributed by atoms with E-state index in [9.17, 15) is 9.59 Å². The van der Waals surface area contributed by atoms with Crippen molar-refractivity contribution < 1.29 is 14.3 Å². The Labute approximate surface area is 148 Å². The Hall–Kier alpha value is -2.55. The van der Waals surface area contributed by atoms with Crippen molar-refractivity contribution >= 4 is 23.2 Å². The Morgan fingerprint density at radius 2 is 2.16 bits per heavy atom. The van der Waals surface area contributed by atoms with Gasteiger partial charge in [-0.05, 0) is 6.42 Å². The number of H-pyrrole nitrogens is 1. The quantitative estimate of drug-likeness (QED) is 0.853. The first-order chi connectivity index (χ1) is 12.0. The molecular weight excluding hydrogens is 344 g/mol. The Morgan fingerprint density at radius 1 is 1.36 bits per heavy atom. The maximum atomic E-state index is 12.9. The summed E-state index contributed by atoms with van der Waals surface area (Å²) in [4.78, 5) is 36.4. The van der Waals surface area contributed by atoms with Gasteiger partial charge in [-0.25, -0.2) is 4.98 Å². The van der Waals surface area contributed by atoms with Gasteiger partial charge in [0.1, 0.15) is 18.1 Å². The minimum absolute atomic E-state index is 0.115. The molecular formula is C16H18N4O4S. The maximum absolute atomic E-state index is 12.9. The molecule has 0 saturated carbocycles. The first-order valence-corrected chi connectivity index (χ1v) is 8.88. The van der Waals surface area contributed by atoms with Crippen LogP contribution >= 0.6 is 11.3 Å². The number of amides is 1. The lowest BCUT2D eigenvalue weighted by molar-refractivity contribution is 0.0727. The van der Waals surface area contributed by atoms with Gasteiger partial charge >= 0.3 is 0 Å². The fourth-order valence-electron chi connectivity index (χ4n) is 2.97. The first-order valence-electron chi connectivity index (χ1n) is 8.00. The lowest BCUT2D eigenvalue weighted by Gasteiger charge is -2.28. The summed E-state index contributed by atoms with van der Waals surface area (Å²) in [7, 11) is 3.62. The van der Waals surface area contributed by atoms with Gasteiger partial charge in [-0.2, -0.15) is 0 Å². The molecule has 132 valence electrons. The molecule has 2 aromatic rings. The fraction of sp³-hybridized carbons (Fsp3) is 0.438. The molecule has 0 aliphatic carbocycles.